The van der Waals surface area contributed by atoms with Gasteiger partial charge in [-0.2, -0.15) is 0 Å². The van der Waals surface area contributed by atoms with E-state index in [4.69, 9.17) is 0 Å². The smallest absolute Gasteiger partial charge is 0.157 e. The normalized spacial score (nSPS) is 25.3. The van der Waals surface area contributed by atoms with Crippen molar-refractivity contribution in [1.82, 2.24) is 10.3 Å². The highest BCUT2D eigenvalue weighted by molar-refractivity contribution is 8.14. The number of thiazole rings is 1. The molecule has 0 radical (unpaired) electrons. The van der Waals surface area contributed by atoms with Crippen molar-refractivity contribution in [2.75, 3.05) is 6.54 Å². The van der Waals surface area contributed by atoms with Crippen LogP contribution in [0, 0.1) is 5.92 Å². The molecule has 1 aliphatic heterocycles. The standard InChI is InChI=1S/C10H13N3S2/c1-2-7(1)9-5-13-10(15-9)12-4-8-3-11-6-14-8/h3,6-7,9H,1-2,4-5H2,(H,12,13). The zero-order chi connectivity index (χ0) is 10.1. The summed E-state index contributed by atoms with van der Waals surface area (Å²) in [6, 6.07) is 0. The minimum atomic E-state index is 0.758. The van der Waals surface area contributed by atoms with E-state index < -0.39 is 0 Å². The summed E-state index contributed by atoms with van der Waals surface area (Å²) in [6.07, 6.45) is 4.74. The molecule has 1 saturated carbocycles. The van der Waals surface area contributed by atoms with E-state index in [1.807, 2.05) is 23.5 Å². The summed E-state index contributed by atoms with van der Waals surface area (Å²) in [5, 5.41) is 5.26. The number of rotatable bonds is 3. The first kappa shape index (κ1) is 9.66. The van der Waals surface area contributed by atoms with Crippen molar-refractivity contribution in [1.29, 1.82) is 0 Å². The van der Waals surface area contributed by atoms with Crippen molar-refractivity contribution < 1.29 is 0 Å². The zero-order valence-electron chi connectivity index (χ0n) is 8.35. The van der Waals surface area contributed by atoms with Gasteiger partial charge in [0.2, 0.25) is 0 Å². The van der Waals surface area contributed by atoms with Crippen LogP contribution in [0.1, 0.15) is 17.7 Å². The molecule has 1 N–H and O–H groups in total. The number of amidine groups is 1. The number of hydrogen-bond acceptors (Lipinski definition) is 5. The van der Waals surface area contributed by atoms with Crippen LogP contribution in [0.5, 0.6) is 0 Å². The lowest BCUT2D eigenvalue weighted by molar-refractivity contribution is 0.772. The molecule has 5 heteroatoms. The van der Waals surface area contributed by atoms with Crippen LogP contribution in [0.3, 0.4) is 0 Å². The highest BCUT2D eigenvalue weighted by Crippen LogP contribution is 2.41. The van der Waals surface area contributed by atoms with Gasteiger partial charge in [-0.3, -0.25) is 9.98 Å². The van der Waals surface area contributed by atoms with E-state index in [0.717, 1.165) is 29.4 Å². The highest BCUT2D eigenvalue weighted by Gasteiger charge is 2.35. The van der Waals surface area contributed by atoms with Gasteiger partial charge in [0, 0.05) is 16.3 Å². The first-order valence-electron chi connectivity index (χ1n) is 5.24. The molecule has 1 aliphatic carbocycles. The van der Waals surface area contributed by atoms with Crippen molar-refractivity contribution >= 4 is 28.3 Å². The van der Waals surface area contributed by atoms with Crippen LogP contribution in [-0.4, -0.2) is 21.9 Å². The van der Waals surface area contributed by atoms with Gasteiger partial charge < -0.3 is 5.32 Å². The molecule has 0 amide bonds. The Labute approximate surface area is 97.4 Å². The fourth-order valence-corrected chi connectivity index (χ4v) is 3.43. The highest BCUT2D eigenvalue weighted by atomic mass is 32.2. The van der Waals surface area contributed by atoms with E-state index >= 15 is 0 Å². The van der Waals surface area contributed by atoms with Crippen LogP contribution in [0.15, 0.2) is 16.7 Å². The molecule has 2 heterocycles. The van der Waals surface area contributed by atoms with Gasteiger partial charge in [-0.1, -0.05) is 11.8 Å². The van der Waals surface area contributed by atoms with Gasteiger partial charge in [0.25, 0.3) is 0 Å². The Balaban J connectivity index is 1.48. The van der Waals surface area contributed by atoms with Crippen LogP contribution in [0.4, 0.5) is 0 Å². The molecule has 0 spiro atoms. The third-order valence-electron chi connectivity index (χ3n) is 2.72. The van der Waals surface area contributed by atoms with Crippen LogP contribution >= 0.6 is 23.1 Å². The van der Waals surface area contributed by atoms with Gasteiger partial charge in [0.1, 0.15) is 0 Å². The molecule has 3 rings (SSSR count). The van der Waals surface area contributed by atoms with E-state index in [-0.39, 0.29) is 0 Å². The topological polar surface area (TPSA) is 37.3 Å². The first-order chi connectivity index (χ1) is 7.42. The molecule has 0 aromatic carbocycles. The first-order valence-corrected chi connectivity index (χ1v) is 7.00. The summed E-state index contributed by atoms with van der Waals surface area (Å²) in [5.74, 6) is 0.946. The van der Waals surface area contributed by atoms with Crippen LogP contribution in [-0.2, 0) is 6.54 Å². The second-order valence-electron chi connectivity index (χ2n) is 3.96. The maximum absolute atomic E-state index is 4.53. The molecule has 2 aliphatic rings. The number of nitrogens with one attached hydrogen (secondary N) is 1. The second kappa shape index (κ2) is 4.14. The number of hydrogen-bond donors (Lipinski definition) is 1. The molecule has 15 heavy (non-hydrogen) atoms. The molecule has 80 valence electrons. The minimum absolute atomic E-state index is 0.758. The lowest BCUT2D eigenvalue weighted by Crippen LogP contribution is -2.18. The molecular formula is C10H13N3S2. The third-order valence-corrected chi connectivity index (χ3v) is 4.84. The summed E-state index contributed by atoms with van der Waals surface area (Å²) in [7, 11) is 0. The van der Waals surface area contributed by atoms with Crippen molar-refractivity contribution in [2.45, 2.75) is 24.6 Å². The van der Waals surface area contributed by atoms with Gasteiger partial charge in [-0.25, -0.2) is 0 Å². The lowest BCUT2D eigenvalue weighted by Gasteiger charge is -2.06. The molecule has 1 fully saturated rings. The Morgan fingerprint density at radius 3 is 3.13 bits per heavy atom. The summed E-state index contributed by atoms with van der Waals surface area (Å²) >= 11 is 3.61. The van der Waals surface area contributed by atoms with Crippen molar-refractivity contribution in [3.05, 3.63) is 16.6 Å². The largest absolute Gasteiger partial charge is 0.360 e. The Bertz CT molecular complexity index is 357. The Kier molecular flexibility index (Phi) is 2.66. The van der Waals surface area contributed by atoms with Crippen LogP contribution in [0.25, 0.3) is 0 Å². The predicted molar refractivity (Wildman–Crippen MR) is 65.4 cm³/mol. The monoisotopic (exact) mass is 239 g/mol. The molecule has 1 unspecified atom stereocenters. The number of nitrogens with zero attached hydrogens (tertiary/aromatic N) is 2. The maximum atomic E-state index is 4.53. The van der Waals surface area contributed by atoms with Gasteiger partial charge >= 0.3 is 0 Å². The van der Waals surface area contributed by atoms with Crippen LogP contribution in [0.2, 0.25) is 0 Å². The summed E-state index contributed by atoms with van der Waals surface area (Å²) in [4.78, 5) is 9.85. The third kappa shape index (κ3) is 2.34. The van der Waals surface area contributed by atoms with Crippen molar-refractivity contribution in [3.8, 4) is 0 Å². The molecule has 1 atom stereocenters. The Morgan fingerprint density at radius 2 is 2.40 bits per heavy atom. The zero-order valence-corrected chi connectivity index (χ0v) is 9.98. The van der Waals surface area contributed by atoms with Gasteiger partial charge in [-0.05, 0) is 18.8 Å². The Hall–Kier alpha value is -0.550. The average Bonchev–Trinajstić information content (AvgIpc) is 2.82. The number of aromatic nitrogens is 1. The molecular weight excluding hydrogens is 226 g/mol. The summed E-state index contributed by atoms with van der Waals surface area (Å²) < 4.78 is 0. The Morgan fingerprint density at radius 1 is 1.47 bits per heavy atom. The van der Waals surface area contributed by atoms with E-state index in [2.05, 4.69) is 15.3 Å². The van der Waals surface area contributed by atoms with E-state index in [9.17, 15) is 0 Å². The fourth-order valence-electron chi connectivity index (χ4n) is 1.69. The molecule has 3 nitrogen and oxygen atoms in total. The quantitative estimate of drug-likeness (QED) is 0.878. The summed E-state index contributed by atoms with van der Waals surface area (Å²) in [6.45, 7) is 1.88. The number of aliphatic imine (C=N–C) groups is 1. The second-order valence-corrected chi connectivity index (χ2v) is 6.16. The van der Waals surface area contributed by atoms with Gasteiger partial charge in [0.15, 0.2) is 5.17 Å². The number of thioether (sulfide) groups is 1. The SMILES string of the molecule is c1ncc(CNC2=NCC(C3CC3)S2)s1. The van der Waals surface area contributed by atoms with Gasteiger partial charge in [0.05, 0.1) is 18.6 Å². The lowest BCUT2D eigenvalue weighted by atomic mass is 10.3. The fraction of sp³-hybridized carbons (Fsp3) is 0.600. The maximum Gasteiger partial charge on any atom is 0.157 e. The van der Waals surface area contributed by atoms with Crippen molar-refractivity contribution in [2.24, 2.45) is 10.9 Å². The van der Waals surface area contributed by atoms with Gasteiger partial charge in [-0.15, -0.1) is 11.3 Å². The predicted octanol–water partition coefficient (Wildman–Crippen LogP) is 2.11. The molecule has 0 saturated heterocycles. The van der Waals surface area contributed by atoms with E-state index in [1.165, 1.54) is 17.7 Å². The molecule has 1 aromatic heterocycles. The average molecular weight is 239 g/mol. The minimum Gasteiger partial charge on any atom is -0.360 e. The van der Waals surface area contributed by atoms with E-state index in [1.54, 1.807) is 11.3 Å². The molecule has 0 bridgehead atoms. The van der Waals surface area contributed by atoms with Crippen LogP contribution < -0.4 is 5.32 Å². The molecule has 1 aromatic rings. The van der Waals surface area contributed by atoms with Crippen molar-refractivity contribution in [3.63, 3.8) is 0 Å². The van der Waals surface area contributed by atoms with E-state index in [0.29, 0.717) is 0 Å². The summed E-state index contributed by atoms with van der Waals surface area (Å²) in [5.41, 5.74) is 1.87.